The van der Waals surface area contributed by atoms with Crippen LogP contribution in [0.4, 0.5) is 4.79 Å². The van der Waals surface area contributed by atoms with Gasteiger partial charge in [-0.2, -0.15) is 0 Å². The van der Waals surface area contributed by atoms with Gasteiger partial charge in [-0.25, -0.2) is 4.79 Å². The molecule has 2 aliphatic carbocycles. The molecule has 0 aromatic carbocycles. The quantitative estimate of drug-likeness (QED) is 0.634. The van der Waals surface area contributed by atoms with Gasteiger partial charge in [-0.15, -0.1) is 0 Å². The Morgan fingerprint density at radius 3 is 2.61 bits per heavy atom. The average Bonchev–Trinajstić information content (AvgIpc) is 2.66. The molecule has 9 nitrogen and oxygen atoms in total. The Balaban J connectivity index is 1.86. The predicted molar refractivity (Wildman–Crippen MR) is 109 cm³/mol. The summed E-state index contributed by atoms with van der Waals surface area (Å²) < 4.78 is 16.5. The molecule has 0 aromatic rings. The van der Waals surface area contributed by atoms with Gasteiger partial charge in [0.05, 0.1) is 11.4 Å². The number of Topliss-reactive ketones (excluding diaryl/α,β-unsaturated/α-hetero) is 1. The van der Waals surface area contributed by atoms with Gasteiger partial charge in [0.25, 0.3) is 0 Å². The molecule has 9 heteroatoms. The SMILES string of the molecule is CC(=O)N1C2=CCC(=O)C(OC(=O)N(C)CC(=O)OC(C)(C)C)=C2OC2=C1C=CCC2. The topological polar surface area (TPSA) is 102 Å². The van der Waals surface area contributed by atoms with Gasteiger partial charge < -0.3 is 14.2 Å². The molecule has 1 aliphatic heterocycles. The van der Waals surface area contributed by atoms with Crippen LogP contribution in [-0.2, 0) is 28.6 Å². The first-order valence-corrected chi connectivity index (χ1v) is 9.99. The summed E-state index contributed by atoms with van der Waals surface area (Å²) in [7, 11) is 1.36. The summed E-state index contributed by atoms with van der Waals surface area (Å²) in [5.41, 5.74) is 0.267. The van der Waals surface area contributed by atoms with Gasteiger partial charge >= 0.3 is 12.1 Å². The van der Waals surface area contributed by atoms with E-state index in [1.54, 1.807) is 32.9 Å². The molecule has 0 aromatic heterocycles. The number of ketones is 1. The van der Waals surface area contributed by atoms with Crippen molar-refractivity contribution in [2.75, 3.05) is 13.6 Å². The molecule has 3 aliphatic rings. The lowest BCUT2D eigenvalue weighted by atomic mass is 10.0. The van der Waals surface area contributed by atoms with Crippen molar-refractivity contribution in [3.8, 4) is 0 Å². The van der Waals surface area contributed by atoms with Crippen LogP contribution in [0.25, 0.3) is 0 Å². The summed E-state index contributed by atoms with van der Waals surface area (Å²) in [5, 5.41) is 0. The van der Waals surface area contributed by atoms with Crippen LogP contribution in [0, 0.1) is 0 Å². The molecule has 0 atom stereocenters. The van der Waals surface area contributed by atoms with Crippen LogP contribution in [0.5, 0.6) is 0 Å². The van der Waals surface area contributed by atoms with E-state index in [2.05, 4.69) is 0 Å². The van der Waals surface area contributed by atoms with Gasteiger partial charge in [0.1, 0.15) is 17.9 Å². The van der Waals surface area contributed by atoms with Crippen molar-refractivity contribution in [3.05, 3.63) is 46.9 Å². The van der Waals surface area contributed by atoms with E-state index in [1.807, 2.05) is 6.08 Å². The van der Waals surface area contributed by atoms with Crippen LogP contribution in [0.1, 0.15) is 47.0 Å². The third-order valence-corrected chi connectivity index (χ3v) is 4.58. The highest BCUT2D eigenvalue weighted by Gasteiger charge is 2.39. The molecule has 0 N–H and O–H groups in total. The van der Waals surface area contributed by atoms with E-state index in [-0.39, 0.29) is 30.4 Å². The standard InChI is InChI=1S/C22H26N2O7/c1-13(25)24-14-8-6-7-9-17(14)29-19-15(24)10-11-16(26)20(19)30-21(28)23(5)12-18(27)31-22(2,3)4/h6,8,10H,7,9,11-12H2,1-5H3. The van der Waals surface area contributed by atoms with E-state index in [4.69, 9.17) is 14.2 Å². The number of amides is 2. The third-order valence-electron chi connectivity index (χ3n) is 4.58. The van der Waals surface area contributed by atoms with E-state index >= 15 is 0 Å². The lowest BCUT2D eigenvalue weighted by molar-refractivity contribution is -0.155. The fourth-order valence-corrected chi connectivity index (χ4v) is 3.33. The van der Waals surface area contributed by atoms with Crippen LogP contribution in [0.15, 0.2) is 46.9 Å². The summed E-state index contributed by atoms with van der Waals surface area (Å²) in [6.45, 7) is 6.21. The Morgan fingerprint density at radius 2 is 1.97 bits per heavy atom. The first kappa shape index (κ1) is 22.3. The van der Waals surface area contributed by atoms with E-state index in [0.29, 0.717) is 23.6 Å². The van der Waals surface area contributed by atoms with E-state index in [0.717, 1.165) is 11.3 Å². The predicted octanol–water partition coefficient (Wildman–Crippen LogP) is 2.91. The van der Waals surface area contributed by atoms with E-state index in [9.17, 15) is 19.2 Å². The maximum atomic E-state index is 12.6. The molecule has 0 fully saturated rings. The minimum atomic E-state index is -0.913. The lowest BCUT2D eigenvalue weighted by Gasteiger charge is -2.36. The molecular weight excluding hydrogens is 404 g/mol. The highest BCUT2D eigenvalue weighted by molar-refractivity contribution is 5.99. The number of hydrogen-bond acceptors (Lipinski definition) is 7. The molecule has 0 bridgehead atoms. The van der Waals surface area contributed by atoms with Crippen LogP contribution >= 0.6 is 0 Å². The van der Waals surface area contributed by atoms with E-state index in [1.165, 1.54) is 18.9 Å². The highest BCUT2D eigenvalue weighted by atomic mass is 16.6. The summed E-state index contributed by atoms with van der Waals surface area (Å²) in [6, 6.07) is 0. The zero-order chi connectivity index (χ0) is 22.9. The number of hydrogen-bond donors (Lipinski definition) is 0. The van der Waals surface area contributed by atoms with E-state index < -0.39 is 23.4 Å². The summed E-state index contributed by atoms with van der Waals surface area (Å²) in [5.74, 6) is -1.06. The fourth-order valence-electron chi connectivity index (χ4n) is 3.33. The van der Waals surface area contributed by atoms with Crippen molar-refractivity contribution >= 4 is 23.8 Å². The zero-order valence-electron chi connectivity index (χ0n) is 18.3. The Labute approximate surface area is 180 Å². The normalized spacial score (nSPS) is 18.0. The number of carbonyl (C=O) groups is 4. The second-order valence-corrected chi connectivity index (χ2v) is 8.39. The molecule has 0 radical (unpaired) electrons. The van der Waals surface area contributed by atoms with Gasteiger partial charge in [0.15, 0.2) is 5.76 Å². The van der Waals surface area contributed by atoms with Crippen molar-refractivity contribution in [3.63, 3.8) is 0 Å². The minimum absolute atomic E-state index is 0.0273. The first-order chi connectivity index (χ1) is 14.5. The summed E-state index contributed by atoms with van der Waals surface area (Å²) in [6.07, 6.45) is 5.61. The Bertz CT molecular complexity index is 963. The Kier molecular flexibility index (Phi) is 6.06. The number of rotatable bonds is 3. The largest absolute Gasteiger partial charge is 0.459 e. The van der Waals surface area contributed by atoms with Gasteiger partial charge in [-0.3, -0.25) is 24.2 Å². The molecule has 166 valence electrons. The van der Waals surface area contributed by atoms with Crippen molar-refractivity contribution in [1.29, 1.82) is 0 Å². The molecule has 0 unspecified atom stereocenters. The molecular formula is C22H26N2O7. The maximum Gasteiger partial charge on any atom is 0.415 e. The molecule has 0 saturated carbocycles. The van der Waals surface area contributed by atoms with Crippen molar-refractivity contribution in [2.24, 2.45) is 0 Å². The molecule has 0 spiro atoms. The first-order valence-electron chi connectivity index (χ1n) is 9.99. The number of fused-ring (bicyclic) bond motifs is 1. The molecule has 31 heavy (non-hydrogen) atoms. The average molecular weight is 430 g/mol. The second kappa shape index (κ2) is 8.41. The molecule has 0 saturated heterocycles. The smallest absolute Gasteiger partial charge is 0.415 e. The zero-order valence-corrected chi connectivity index (χ0v) is 18.3. The number of nitrogens with zero attached hydrogens (tertiary/aromatic N) is 2. The number of esters is 1. The van der Waals surface area contributed by atoms with Gasteiger partial charge in [0, 0.05) is 26.8 Å². The van der Waals surface area contributed by atoms with Crippen LogP contribution in [-0.4, -0.2) is 52.7 Å². The monoisotopic (exact) mass is 430 g/mol. The van der Waals surface area contributed by atoms with Crippen molar-refractivity contribution in [2.45, 2.75) is 52.6 Å². The number of ether oxygens (including phenoxy) is 3. The number of likely N-dealkylation sites (N-methyl/N-ethyl adjacent to an activating group) is 1. The number of allylic oxidation sites excluding steroid dienone is 5. The van der Waals surface area contributed by atoms with Crippen molar-refractivity contribution < 1.29 is 33.4 Å². The Hall–Kier alpha value is -3.36. The molecule has 3 rings (SSSR count). The minimum Gasteiger partial charge on any atom is -0.459 e. The van der Waals surface area contributed by atoms with Gasteiger partial charge in [-0.1, -0.05) is 6.08 Å². The number of carbonyl (C=O) groups excluding carboxylic acids is 4. The highest BCUT2D eigenvalue weighted by Crippen LogP contribution is 2.40. The third kappa shape index (κ3) is 4.87. The second-order valence-electron chi connectivity index (χ2n) is 8.39. The summed E-state index contributed by atoms with van der Waals surface area (Å²) in [4.78, 5) is 51.9. The molecule has 1 heterocycles. The lowest BCUT2D eigenvalue weighted by Crippen LogP contribution is -2.39. The van der Waals surface area contributed by atoms with Gasteiger partial charge in [0.2, 0.25) is 17.4 Å². The van der Waals surface area contributed by atoms with Gasteiger partial charge in [-0.05, 0) is 39.3 Å². The summed E-state index contributed by atoms with van der Waals surface area (Å²) >= 11 is 0. The van der Waals surface area contributed by atoms with Crippen LogP contribution in [0.2, 0.25) is 0 Å². The van der Waals surface area contributed by atoms with Crippen LogP contribution in [0.3, 0.4) is 0 Å². The van der Waals surface area contributed by atoms with Crippen LogP contribution < -0.4 is 0 Å². The fraction of sp³-hybridized carbons (Fsp3) is 0.455. The van der Waals surface area contributed by atoms with Crippen molar-refractivity contribution in [1.82, 2.24) is 9.80 Å². The Morgan fingerprint density at radius 1 is 1.26 bits per heavy atom. The maximum absolute atomic E-state index is 12.6. The molecule has 2 amide bonds.